The smallest absolute Gasteiger partial charge is 0.330 e. The Kier molecular flexibility index (Phi) is 5.80. The molecular weight excluding hydrogens is 318 g/mol. The van der Waals surface area contributed by atoms with Crippen LogP contribution < -0.4 is 10.1 Å². The predicted octanol–water partition coefficient (Wildman–Crippen LogP) is 3.11. The topological polar surface area (TPSA) is 75.6 Å². The van der Waals surface area contributed by atoms with Crippen LogP contribution in [0.3, 0.4) is 0 Å². The van der Waals surface area contributed by atoms with Crippen LogP contribution in [0, 0.1) is 20.8 Å². The molecule has 2 aromatic carbocycles. The zero-order valence-corrected chi connectivity index (χ0v) is 14.9. The summed E-state index contributed by atoms with van der Waals surface area (Å²) in [6.45, 7) is 5.79. The number of hydrogen-bond acceptors (Lipinski definition) is 3. The van der Waals surface area contributed by atoms with E-state index in [9.17, 15) is 14.7 Å². The fourth-order valence-electron chi connectivity index (χ4n) is 2.60. The number of carboxylic acid groups (broad SMARTS) is 1. The number of aliphatic carboxylic acids is 1. The van der Waals surface area contributed by atoms with Gasteiger partial charge in [-0.3, -0.25) is 4.79 Å². The quantitative estimate of drug-likeness (QED) is 0.846. The first kappa shape index (κ1) is 18.5. The molecule has 2 N–H and O–H groups in total. The van der Waals surface area contributed by atoms with Crippen molar-refractivity contribution < 1.29 is 19.4 Å². The van der Waals surface area contributed by atoms with Crippen molar-refractivity contribution in [1.29, 1.82) is 0 Å². The Labute approximate surface area is 147 Å². The fourth-order valence-corrected chi connectivity index (χ4v) is 2.60. The molecule has 1 unspecified atom stereocenters. The standard InChI is InChI=1S/C20H23NO4/c1-12-6-8-16(9-14(12)3)19(20(23)24)21-18(22)11-15-7-5-13(2)17(10-15)25-4/h5-10,19H,11H2,1-4H3,(H,21,22)(H,23,24). The third-order valence-electron chi connectivity index (χ3n) is 4.25. The summed E-state index contributed by atoms with van der Waals surface area (Å²) in [5.74, 6) is -0.733. The Morgan fingerprint density at radius 2 is 1.72 bits per heavy atom. The lowest BCUT2D eigenvalue weighted by atomic mass is 10.0. The van der Waals surface area contributed by atoms with E-state index in [1.807, 2.05) is 39.0 Å². The van der Waals surface area contributed by atoms with Crippen LogP contribution >= 0.6 is 0 Å². The summed E-state index contributed by atoms with van der Waals surface area (Å²) in [6.07, 6.45) is 0.0886. The molecule has 0 radical (unpaired) electrons. The van der Waals surface area contributed by atoms with E-state index in [2.05, 4.69) is 5.32 Å². The van der Waals surface area contributed by atoms with Gasteiger partial charge >= 0.3 is 5.97 Å². The minimum atomic E-state index is -1.09. The molecule has 0 saturated heterocycles. The molecular formula is C20H23NO4. The molecule has 0 saturated carbocycles. The second kappa shape index (κ2) is 7.83. The summed E-state index contributed by atoms with van der Waals surface area (Å²) < 4.78 is 5.25. The number of nitrogens with one attached hydrogen (secondary N) is 1. The second-order valence-corrected chi connectivity index (χ2v) is 6.16. The van der Waals surface area contributed by atoms with Crippen LogP contribution in [0.25, 0.3) is 0 Å². The summed E-state index contributed by atoms with van der Waals surface area (Å²) in [4.78, 5) is 23.9. The Morgan fingerprint density at radius 1 is 1.04 bits per heavy atom. The second-order valence-electron chi connectivity index (χ2n) is 6.16. The van der Waals surface area contributed by atoms with Gasteiger partial charge in [-0.2, -0.15) is 0 Å². The van der Waals surface area contributed by atoms with Gasteiger partial charge in [0.2, 0.25) is 5.91 Å². The summed E-state index contributed by atoms with van der Waals surface area (Å²) in [5, 5.41) is 12.1. The summed E-state index contributed by atoms with van der Waals surface area (Å²) in [5.41, 5.74) is 4.37. The van der Waals surface area contributed by atoms with E-state index in [0.29, 0.717) is 11.3 Å². The van der Waals surface area contributed by atoms with Crippen molar-refractivity contribution in [3.05, 3.63) is 64.2 Å². The number of methoxy groups -OCH3 is 1. The van der Waals surface area contributed by atoms with Gasteiger partial charge in [0, 0.05) is 0 Å². The van der Waals surface area contributed by atoms with E-state index in [1.165, 1.54) is 0 Å². The minimum Gasteiger partial charge on any atom is -0.496 e. The highest BCUT2D eigenvalue weighted by atomic mass is 16.5. The lowest BCUT2D eigenvalue weighted by molar-refractivity contribution is -0.141. The number of carboxylic acids is 1. The van der Waals surface area contributed by atoms with E-state index in [0.717, 1.165) is 22.3 Å². The zero-order valence-electron chi connectivity index (χ0n) is 14.9. The summed E-state index contributed by atoms with van der Waals surface area (Å²) in [7, 11) is 1.58. The SMILES string of the molecule is COc1cc(CC(=O)NC(C(=O)O)c2ccc(C)c(C)c2)ccc1C. The normalized spacial score (nSPS) is 11.7. The molecule has 0 fully saturated rings. The molecule has 2 rings (SSSR count). The average Bonchev–Trinajstić information content (AvgIpc) is 2.56. The number of ether oxygens (including phenoxy) is 1. The van der Waals surface area contributed by atoms with Crippen LogP contribution in [-0.2, 0) is 16.0 Å². The molecule has 132 valence electrons. The van der Waals surface area contributed by atoms with Gasteiger partial charge in [-0.25, -0.2) is 4.79 Å². The van der Waals surface area contributed by atoms with Crippen LogP contribution in [0.15, 0.2) is 36.4 Å². The molecule has 1 atom stereocenters. The Balaban J connectivity index is 2.15. The minimum absolute atomic E-state index is 0.0886. The van der Waals surface area contributed by atoms with Gasteiger partial charge in [0.25, 0.3) is 0 Å². The lowest BCUT2D eigenvalue weighted by Crippen LogP contribution is -2.34. The molecule has 0 aliphatic carbocycles. The first-order valence-electron chi connectivity index (χ1n) is 8.04. The molecule has 0 bridgehead atoms. The maximum Gasteiger partial charge on any atom is 0.330 e. The van der Waals surface area contributed by atoms with E-state index in [1.54, 1.807) is 25.3 Å². The van der Waals surface area contributed by atoms with E-state index in [-0.39, 0.29) is 12.3 Å². The van der Waals surface area contributed by atoms with Crippen molar-refractivity contribution in [2.75, 3.05) is 7.11 Å². The average molecular weight is 341 g/mol. The molecule has 5 nitrogen and oxygen atoms in total. The van der Waals surface area contributed by atoms with Crippen molar-refractivity contribution >= 4 is 11.9 Å². The molecule has 1 amide bonds. The van der Waals surface area contributed by atoms with Crippen molar-refractivity contribution in [2.24, 2.45) is 0 Å². The molecule has 0 heterocycles. The van der Waals surface area contributed by atoms with Gasteiger partial charge in [0.05, 0.1) is 13.5 Å². The molecule has 5 heteroatoms. The first-order valence-corrected chi connectivity index (χ1v) is 8.04. The van der Waals surface area contributed by atoms with E-state index in [4.69, 9.17) is 4.74 Å². The van der Waals surface area contributed by atoms with Gasteiger partial charge in [0.1, 0.15) is 5.75 Å². The summed E-state index contributed by atoms with van der Waals surface area (Å²) in [6, 6.07) is 9.82. The third-order valence-corrected chi connectivity index (χ3v) is 4.25. The van der Waals surface area contributed by atoms with Crippen LogP contribution in [0.4, 0.5) is 0 Å². The van der Waals surface area contributed by atoms with Gasteiger partial charge in [-0.1, -0.05) is 30.3 Å². The fraction of sp³-hybridized carbons (Fsp3) is 0.300. The maximum absolute atomic E-state index is 12.3. The monoisotopic (exact) mass is 341 g/mol. The van der Waals surface area contributed by atoms with E-state index >= 15 is 0 Å². The van der Waals surface area contributed by atoms with Gasteiger partial charge in [-0.15, -0.1) is 0 Å². The maximum atomic E-state index is 12.3. The van der Waals surface area contributed by atoms with Crippen LogP contribution in [-0.4, -0.2) is 24.1 Å². The number of hydrogen-bond donors (Lipinski definition) is 2. The Bertz CT molecular complexity index is 798. The van der Waals surface area contributed by atoms with Crippen molar-refractivity contribution in [2.45, 2.75) is 33.2 Å². The number of carbonyl (C=O) groups is 2. The van der Waals surface area contributed by atoms with Crippen LogP contribution in [0.2, 0.25) is 0 Å². The van der Waals surface area contributed by atoms with E-state index < -0.39 is 12.0 Å². The van der Waals surface area contributed by atoms with Gasteiger partial charge in [-0.05, 0) is 54.7 Å². The zero-order chi connectivity index (χ0) is 18.6. The summed E-state index contributed by atoms with van der Waals surface area (Å²) >= 11 is 0. The molecule has 0 aromatic heterocycles. The third kappa shape index (κ3) is 4.59. The number of rotatable bonds is 6. The number of amides is 1. The van der Waals surface area contributed by atoms with Gasteiger partial charge in [0.15, 0.2) is 6.04 Å². The highest BCUT2D eigenvalue weighted by Crippen LogP contribution is 2.20. The molecule has 0 aliphatic heterocycles. The lowest BCUT2D eigenvalue weighted by Gasteiger charge is -2.16. The molecule has 25 heavy (non-hydrogen) atoms. The number of carbonyl (C=O) groups excluding carboxylic acids is 1. The predicted molar refractivity (Wildman–Crippen MR) is 95.9 cm³/mol. The Morgan fingerprint density at radius 3 is 2.32 bits per heavy atom. The first-order chi connectivity index (χ1) is 11.8. The molecule has 2 aromatic rings. The van der Waals surface area contributed by atoms with Gasteiger partial charge < -0.3 is 15.2 Å². The molecule has 0 spiro atoms. The van der Waals surface area contributed by atoms with Crippen molar-refractivity contribution in [1.82, 2.24) is 5.32 Å². The Hall–Kier alpha value is -2.82. The number of aryl methyl sites for hydroxylation is 3. The highest BCUT2D eigenvalue weighted by Gasteiger charge is 2.22. The number of benzene rings is 2. The van der Waals surface area contributed by atoms with Crippen molar-refractivity contribution in [3.8, 4) is 5.75 Å². The largest absolute Gasteiger partial charge is 0.496 e. The highest BCUT2D eigenvalue weighted by molar-refractivity contribution is 5.85. The van der Waals surface area contributed by atoms with Crippen LogP contribution in [0.1, 0.15) is 33.9 Å². The van der Waals surface area contributed by atoms with Crippen molar-refractivity contribution in [3.63, 3.8) is 0 Å². The molecule has 0 aliphatic rings. The van der Waals surface area contributed by atoms with Crippen LogP contribution in [0.5, 0.6) is 5.75 Å².